The monoisotopic (exact) mass is 295 g/mol. The maximum Gasteiger partial charge on any atom is 0.282 e. The fourth-order valence-corrected chi connectivity index (χ4v) is 2.81. The van der Waals surface area contributed by atoms with Crippen molar-refractivity contribution in [1.29, 1.82) is 0 Å². The molecule has 8 heteroatoms. The second-order valence-electron chi connectivity index (χ2n) is 4.37. The third-order valence-corrected chi connectivity index (χ3v) is 3.97. The van der Waals surface area contributed by atoms with Crippen molar-refractivity contribution in [2.75, 3.05) is 10.5 Å². The minimum absolute atomic E-state index is 0.0338. The number of aromatic nitrogens is 3. The SMILES string of the molecule is CCCn1cc(S(=O)(=O)Nc2ncccc2N)nc1C. The summed E-state index contributed by atoms with van der Waals surface area (Å²) in [5, 5.41) is -0.0338. The van der Waals surface area contributed by atoms with Gasteiger partial charge in [-0.25, -0.2) is 9.97 Å². The second kappa shape index (κ2) is 5.49. The molecule has 0 saturated heterocycles. The minimum Gasteiger partial charge on any atom is -0.396 e. The van der Waals surface area contributed by atoms with Gasteiger partial charge in [0, 0.05) is 18.9 Å². The third kappa shape index (κ3) is 2.90. The first-order valence-corrected chi connectivity index (χ1v) is 7.69. The number of nitrogen functional groups attached to an aromatic ring is 1. The Morgan fingerprint density at radius 2 is 2.20 bits per heavy atom. The molecule has 0 radical (unpaired) electrons. The number of nitrogens with two attached hydrogens (primary N) is 1. The molecule has 0 amide bonds. The average Bonchev–Trinajstić information content (AvgIpc) is 2.75. The van der Waals surface area contributed by atoms with E-state index in [0.29, 0.717) is 5.82 Å². The zero-order valence-electron chi connectivity index (χ0n) is 11.4. The first-order chi connectivity index (χ1) is 9.44. The normalized spacial score (nSPS) is 11.5. The van der Waals surface area contributed by atoms with E-state index in [0.717, 1.165) is 13.0 Å². The van der Waals surface area contributed by atoms with Gasteiger partial charge < -0.3 is 10.3 Å². The van der Waals surface area contributed by atoms with E-state index in [1.165, 1.54) is 12.4 Å². The van der Waals surface area contributed by atoms with Gasteiger partial charge in [-0.1, -0.05) is 6.92 Å². The van der Waals surface area contributed by atoms with Crippen LogP contribution < -0.4 is 10.5 Å². The van der Waals surface area contributed by atoms with Crippen molar-refractivity contribution in [3.05, 3.63) is 30.4 Å². The lowest BCUT2D eigenvalue weighted by molar-refractivity contribution is 0.597. The molecule has 7 nitrogen and oxygen atoms in total. The smallest absolute Gasteiger partial charge is 0.282 e. The number of imidazole rings is 1. The number of aryl methyl sites for hydroxylation is 2. The van der Waals surface area contributed by atoms with Crippen LogP contribution in [-0.2, 0) is 16.6 Å². The molecule has 108 valence electrons. The van der Waals surface area contributed by atoms with Crippen LogP contribution >= 0.6 is 0 Å². The van der Waals surface area contributed by atoms with Gasteiger partial charge in [0.1, 0.15) is 5.82 Å². The highest BCUT2D eigenvalue weighted by Gasteiger charge is 2.20. The van der Waals surface area contributed by atoms with Crippen molar-refractivity contribution in [3.63, 3.8) is 0 Å². The number of anilines is 2. The molecule has 2 rings (SSSR count). The van der Waals surface area contributed by atoms with E-state index in [1.807, 2.05) is 6.92 Å². The van der Waals surface area contributed by atoms with Gasteiger partial charge in [0.15, 0.2) is 10.8 Å². The summed E-state index contributed by atoms with van der Waals surface area (Å²) < 4.78 is 28.6. The molecule has 3 N–H and O–H groups in total. The van der Waals surface area contributed by atoms with Crippen LogP contribution in [0.1, 0.15) is 19.2 Å². The topological polar surface area (TPSA) is 103 Å². The summed E-state index contributed by atoms with van der Waals surface area (Å²) in [7, 11) is -3.78. The summed E-state index contributed by atoms with van der Waals surface area (Å²) in [6.07, 6.45) is 3.88. The second-order valence-corrected chi connectivity index (χ2v) is 6.00. The van der Waals surface area contributed by atoms with Crippen molar-refractivity contribution in [2.24, 2.45) is 0 Å². The number of pyridine rings is 1. The highest BCUT2D eigenvalue weighted by Crippen LogP contribution is 2.18. The van der Waals surface area contributed by atoms with Crippen LogP contribution in [-0.4, -0.2) is 23.0 Å². The predicted molar refractivity (Wildman–Crippen MR) is 76.7 cm³/mol. The van der Waals surface area contributed by atoms with Crippen LogP contribution in [0.2, 0.25) is 0 Å². The summed E-state index contributed by atoms with van der Waals surface area (Å²) >= 11 is 0. The maximum absolute atomic E-state index is 12.2. The summed E-state index contributed by atoms with van der Waals surface area (Å²) in [5.74, 6) is 0.761. The number of hydrogen-bond acceptors (Lipinski definition) is 5. The number of sulfonamides is 1. The quantitative estimate of drug-likeness (QED) is 0.867. The Morgan fingerprint density at radius 1 is 1.45 bits per heavy atom. The van der Waals surface area contributed by atoms with Crippen LogP contribution in [0.3, 0.4) is 0 Å². The Labute approximate surface area is 117 Å². The standard InChI is InChI=1S/C12H17N5O2S/c1-3-7-17-8-11(15-9(17)2)20(18,19)16-12-10(13)5-4-6-14-12/h4-6,8H,3,7,13H2,1-2H3,(H,14,16). The molecule has 0 saturated carbocycles. The van der Waals surface area contributed by atoms with E-state index < -0.39 is 10.0 Å². The molecule has 0 bridgehead atoms. The first kappa shape index (κ1) is 14.3. The molecule has 0 aliphatic carbocycles. The molecule has 2 heterocycles. The van der Waals surface area contributed by atoms with Crippen molar-refractivity contribution in [3.8, 4) is 0 Å². The van der Waals surface area contributed by atoms with Gasteiger partial charge >= 0.3 is 0 Å². The van der Waals surface area contributed by atoms with Crippen molar-refractivity contribution >= 4 is 21.5 Å². The molecule has 0 aliphatic rings. The molecular weight excluding hydrogens is 278 g/mol. The molecule has 2 aromatic rings. The first-order valence-electron chi connectivity index (χ1n) is 6.21. The Morgan fingerprint density at radius 3 is 2.85 bits per heavy atom. The van der Waals surface area contributed by atoms with Crippen LogP contribution in [0.15, 0.2) is 29.6 Å². The molecule has 0 aliphatic heterocycles. The van der Waals surface area contributed by atoms with E-state index in [2.05, 4.69) is 14.7 Å². The fourth-order valence-electron chi connectivity index (χ4n) is 1.76. The number of nitrogens with one attached hydrogen (secondary N) is 1. The summed E-state index contributed by atoms with van der Waals surface area (Å²) in [5.41, 5.74) is 5.94. The summed E-state index contributed by atoms with van der Waals surface area (Å²) in [4.78, 5) is 7.98. The molecule has 20 heavy (non-hydrogen) atoms. The van der Waals surface area contributed by atoms with E-state index in [9.17, 15) is 8.42 Å². The Kier molecular flexibility index (Phi) is 3.93. The van der Waals surface area contributed by atoms with Gasteiger partial charge in [-0.3, -0.25) is 4.72 Å². The molecular formula is C12H17N5O2S. The largest absolute Gasteiger partial charge is 0.396 e. The van der Waals surface area contributed by atoms with E-state index in [-0.39, 0.29) is 16.5 Å². The molecule has 2 aromatic heterocycles. The molecule has 0 unspecified atom stereocenters. The van der Waals surface area contributed by atoms with Crippen LogP contribution in [0.4, 0.5) is 11.5 Å². The van der Waals surface area contributed by atoms with E-state index >= 15 is 0 Å². The molecule has 0 fully saturated rings. The summed E-state index contributed by atoms with van der Waals surface area (Å²) in [6.45, 7) is 4.50. The van der Waals surface area contributed by atoms with E-state index in [1.54, 1.807) is 23.6 Å². The van der Waals surface area contributed by atoms with Gasteiger partial charge in [-0.15, -0.1) is 0 Å². The predicted octanol–water partition coefficient (Wildman–Crippen LogP) is 1.38. The van der Waals surface area contributed by atoms with Crippen molar-refractivity contribution in [2.45, 2.75) is 31.8 Å². The molecule has 0 atom stereocenters. The van der Waals surface area contributed by atoms with Crippen LogP contribution in [0.5, 0.6) is 0 Å². The Balaban J connectivity index is 2.31. The van der Waals surface area contributed by atoms with Crippen molar-refractivity contribution < 1.29 is 8.42 Å². The number of hydrogen-bond donors (Lipinski definition) is 2. The minimum atomic E-state index is -3.78. The third-order valence-electron chi connectivity index (χ3n) is 2.76. The van der Waals surface area contributed by atoms with Crippen LogP contribution in [0.25, 0.3) is 0 Å². The summed E-state index contributed by atoms with van der Waals surface area (Å²) in [6, 6.07) is 3.21. The van der Waals surface area contributed by atoms with Gasteiger partial charge in [0.05, 0.1) is 5.69 Å². The van der Waals surface area contributed by atoms with Gasteiger partial charge in [0.25, 0.3) is 10.0 Å². The lowest BCUT2D eigenvalue weighted by Gasteiger charge is -2.06. The molecule has 0 spiro atoms. The number of nitrogens with zero attached hydrogens (tertiary/aromatic N) is 3. The number of rotatable bonds is 5. The average molecular weight is 295 g/mol. The lowest BCUT2D eigenvalue weighted by Crippen LogP contribution is -2.15. The Hall–Kier alpha value is -2.09. The van der Waals surface area contributed by atoms with Crippen molar-refractivity contribution in [1.82, 2.24) is 14.5 Å². The van der Waals surface area contributed by atoms with Gasteiger partial charge in [-0.05, 0) is 25.5 Å². The zero-order chi connectivity index (χ0) is 14.8. The fraction of sp³-hybridized carbons (Fsp3) is 0.333. The highest BCUT2D eigenvalue weighted by atomic mass is 32.2. The lowest BCUT2D eigenvalue weighted by atomic mass is 10.4. The Bertz CT molecular complexity index is 708. The van der Waals surface area contributed by atoms with E-state index in [4.69, 9.17) is 5.73 Å². The van der Waals surface area contributed by atoms with Crippen LogP contribution in [0, 0.1) is 6.92 Å². The zero-order valence-corrected chi connectivity index (χ0v) is 12.2. The highest BCUT2D eigenvalue weighted by molar-refractivity contribution is 7.92. The van der Waals surface area contributed by atoms with Gasteiger partial charge in [0.2, 0.25) is 0 Å². The molecule has 0 aromatic carbocycles. The van der Waals surface area contributed by atoms with Gasteiger partial charge in [-0.2, -0.15) is 8.42 Å². The maximum atomic E-state index is 12.2.